The molecule has 81 heavy (non-hydrogen) atoms. The maximum Gasteiger partial charge on any atom is 0.306 e. The summed E-state index contributed by atoms with van der Waals surface area (Å²) in [5, 5.41) is 0. The van der Waals surface area contributed by atoms with Crippen LogP contribution in [-0.2, 0) is 28.6 Å². The van der Waals surface area contributed by atoms with E-state index < -0.39 is 6.10 Å². The normalized spacial score (nSPS) is 12.3. The average molecular weight is 1140 g/mol. The number of carbonyl (C=O) groups excluding carboxylic acids is 3. The van der Waals surface area contributed by atoms with Crippen LogP contribution in [0.15, 0.2) is 48.6 Å². The second kappa shape index (κ2) is 69.9. The van der Waals surface area contributed by atoms with Crippen molar-refractivity contribution in [1.82, 2.24) is 0 Å². The van der Waals surface area contributed by atoms with Gasteiger partial charge in [-0.2, -0.15) is 0 Å². The Morgan fingerprint density at radius 3 is 0.790 bits per heavy atom. The molecule has 6 nitrogen and oxygen atoms in total. The topological polar surface area (TPSA) is 78.9 Å². The van der Waals surface area contributed by atoms with E-state index in [1.54, 1.807) is 0 Å². The minimum absolute atomic E-state index is 0.0763. The molecule has 0 aliphatic rings. The maximum absolute atomic E-state index is 12.9. The van der Waals surface area contributed by atoms with Gasteiger partial charge >= 0.3 is 17.9 Å². The van der Waals surface area contributed by atoms with E-state index in [1.165, 1.54) is 263 Å². The molecule has 0 aliphatic heterocycles. The molecule has 0 saturated carbocycles. The third-order valence-corrected chi connectivity index (χ3v) is 16.3. The van der Waals surface area contributed by atoms with Crippen molar-refractivity contribution in [3.63, 3.8) is 0 Å². The van der Waals surface area contributed by atoms with Crippen LogP contribution in [0.3, 0.4) is 0 Å². The summed E-state index contributed by atoms with van der Waals surface area (Å²) in [5.41, 5.74) is 0. The van der Waals surface area contributed by atoms with Crippen LogP contribution >= 0.6 is 0 Å². The predicted molar refractivity (Wildman–Crippen MR) is 353 cm³/mol. The number of rotatable bonds is 67. The molecule has 0 rings (SSSR count). The van der Waals surface area contributed by atoms with Gasteiger partial charge in [0.2, 0.25) is 0 Å². The molecule has 0 fully saturated rings. The fraction of sp³-hybridized carbons (Fsp3) is 0.853. The highest BCUT2D eigenvalue weighted by atomic mass is 16.6. The third kappa shape index (κ3) is 68.0. The molecule has 0 spiro atoms. The van der Waals surface area contributed by atoms with Gasteiger partial charge < -0.3 is 14.2 Å². The summed E-state index contributed by atoms with van der Waals surface area (Å²) in [4.78, 5) is 38.3. The highest BCUT2D eigenvalue weighted by Gasteiger charge is 2.19. The highest BCUT2D eigenvalue weighted by molar-refractivity contribution is 5.71. The van der Waals surface area contributed by atoms with Crippen LogP contribution in [0.5, 0.6) is 0 Å². The van der Waals surface area contributed by atoms with Crippen LogP contribution in [0.2, 0.25) is 0 Å². The summed E-state index contributed by atoms with van der Waals surface area (Å²) in [5.74, 6) is -0.874. The number of esters is 3. The number of carbonyl (C=O) groups is 3. The molecule has 0 saturated heterocycles. The zero-order chi connectivity index (χ0) is 58.5. The maximum atomic E-state index is 12.9. The average Bonchev–Trinajstić information content (AvgIpc) is 3.47. The molecule has 0 heterocycles. The van der Waals surface area contributed by atoms with Gasteiger partial charge in [-0.05, 0) is 77.0 Å². The molecule has 0 radical (unpaired) electrons. The van der Waals surface area contributed by atoms with E-state index in [-0.39, 0.29) is 31.1 Å². The van der Waals surface area contributed by atoms with Crippen molar-refractivity contribution in [2.75, 3.05) is 13.2 Å². The fourth-order valence-corrected chi connectivity index (χ4v) is 10.9. The Morgan fingerprint density at radius 2 is 0.481 bits per heavy atom. The lowest BCUT2D eigenvalue weighted by molar-refractivity contribution is -0.167. The van der Waals surface area contributed by atoms with E-state index in [2.05, 4.69) is 69.4 Å². The minimum atomic E-state index is -0.781. The van der Waals surface area contributed by atoms with Gasteiger partial charge in [-0.15, -0.1) is 0 Å². The first-order chi connectivity index (χ1) is 40.0. The smallest absolute Gasteiger partial charge is 0.306 e. The molecule has 0 amide bonds. The van der Waals surface area contributed by atoms with Crippen molar-refractivity contribution in [2.24, 2.45) is 0 Å². The van der Waals surface area contributed by atoms with Gasteiger partial charge in [0, 0.05) is 19.3 Å². The first kappa shape index (κ1) is 78.4. The van der Waals surface area contributed by atoms with Crippen LogP contribution in [0, 0.1) is 0 Å². The van der Waals surface area contributed by atoms with Crippen LogP contribution in [0.25, 0.3) is 0 Å². The van der Waals surface area contributed by atoms with E-state index in [0.29, 0.717) is 19.3 Å². The molecule has 6 heteroatoms. The van der Waals surface area contributed by atoms with E-state index in [4.69, 9.17) is 14.2 Å². The van der Waals surface area contributed by atoms with Crippen molar-refractivity contribution in [3.8, 4) is 0 Å². The van der Waals surface area contributed by atoms with E-state index in [0.717, 1.165) is 89.9 Å². The van der Waals surface area contributed by atoms with E-state index in [1.807, 2.05) is 0 Å². The number of allylic oxidation sites excluding steroid dienone is 8. The molecule has 0 N–H and O–H groups in total. The first-order valence-corrected chi connectivity index (χ1v) is 36.1. The molecule has 0 aromatic carbocycles. The van der Waals surface area contributed by atoms with Crippen molar-refractivity contribution in [2.45, 2.75) is 399 Å². The summed E-state index contributed by atoms with van der Waals surface area (Å²) >= 11 is 0. The molecule has 474 valence electrons. The SMILES string of the molecule is CC/C=C\C/C=C\C/C=C\CCCCCCCCCC(=O)OC(COC(=O)CCCCCCC/C=C\CCCCC)COC(=O)CCCCCCCCCCCCCCCCCCCCCCCCCCCCCCCCCCCC. The molecule has 0 bridgehead atoms. The van der Waals surface area contributed by atoms with Crippen LogP contribution in [-0.4, -0.2) is 37.2 Å². The molecular weight excluding hydrogens is 997 g/mol. The van der Waals surface area contributed by atoms with Gasteiger partial charge in [0.05, 0.1) is 0 Å². The van der Waals surface area contributed by atoms with Crippen molar-refractivity contribution < 1.29 is 28.6 Å². The zero-order valence-electron chi connectivity index (χ0n) is 54.6. The second-order valence-electron chi connectivity index (χ2n) is 24.5. The number of ether oxygens (including phenoxy) is 3. The Balaban J connectivity index is 4.06. The Labute approximate surface area is 505 Å². The quantitative estimate of drug-likeness (QED) is 0.0261. The second-order valence-corrected chi connectivity index (χ2v) is 24.5. The van der Waals surface area contributed by atoms with Gasteiger partial charge in [-0.3, -0.25) is 14.4 Å². The van der Waals surface area contributed by atoms with Crippen molar-refractivity contribution in [1.29, 1.82) is 0 Å². The monoisotopic (exact) mass is 1140 g/mol. The standard InChI is InChI=1S/C75H138O6/c1-4-7-10-13-16-19-22-25-27-29-30-31-32-33-34-35-36-37-38-39-40-41-42-43-44-45-47-48-50-53-56-59-62-65-68-74(77)80-71-72(70-79-73(76)67-64-61-58-55-52-24-21-18-15-12-9-6-3)81-75(78)69-66-63-60-57-54-51-49-46-28-26-23-20-17-14-11-8-5-2/h8,11,17-18,20-21,26,28,72H,4-7,9-10,12-16,19,22-25,27,29-71H2,1-3H3/b11-8-,20-17-,21-18-,28-26-. The highest BCUT2D eigenvalue weighted by Crippen LogP contribution is 2.19. The summed E-state index contributed by atoms with van der Waals surface area (Å²) in [6.07, 6.45) is 88.9. The van der Waals surface area contributed by atoms with E-state index in [9.17, 15) is 14.4 Å². The van der Waals surface area contributed by atoms with Crippen LogP contribution < -0.4 is 0 Å². The lowest BCUT2D eigenvalue weighted by atomic mass is 10.0. The Morgan fingerprint density at radius 1 is 0.259 bits per heavy atom. The Kier molecular flexibility index (Phi) is 67.6. The van der Waals surface area contributed by atoms with Crippen LogP contribution in [0.1, 0.15) is 393 Å². The van der Waals surface area contributed by atoms with Crippen molar-refractivity contribution >= 4 is 17.9 Å². The molecular formula is C75H138O6. The summed E-state index contributed by atoms with van der Waals surface area (Å²) in [6.45, 7) is 6.55. The third-order valence-electron chi connectivity index (χ3n) is 16.3. The summed E-state index contributed by atoms with van der Waals surface area (Å²) in [7, 11) is 0. The van der Waals surface area contributed by atoms with Crippen LogP contribution in [0.4, 0.5) is 0 Å². The largest absolute Gasteiger partial charge is 0.462 e. The number of hydrogen-bond acceptors (Lipinski definition) is 6. The molecule has 1 atom stereocenters. The van der Waals surface area contributed by atoms with Gasteiger partial charge in [-0.1, -0.05) is 345 Å². The summed E-state index contributed by atoms with van der Waals surface area (Å²) < 4.78 is 16.9. The van der Waals surface area contributed by atoms with Gasteiger partial charge in [0.25, 0.3) is 0 Å². The molecule has 0 aromatic heterocycles. The lowest BCUT2D eigenvalue weighted by Crippen LogP contribution is -2.30. The van der Waals surface area contributed by atoms with Crippen molar-refractivity contribution in [3.05, 3.63) is 48.6 Å². The molecule has 0 aliphatic carbocycles. The first-order valence-electron chi connectivity index (χ1n) is 36.1. The van der Waals surface area contributed by atoms with Gasteiger partial charge in [0.1, 0.15) is 13.2 Å². The minimum Gasteiger partial charge on any atom is -0.462 e. The Hall–Kier alpha value is -2.63. The number of hydrogen-bond donors (Lipinski definition) is 0. The van der Waals surface area contributed by atoms with E-state index >= 15 is 0 Å². The predicted octanol–water partition coefficient (Wildman–Crippen LogP) is 24.9. The molecule has 1 unspecified atom stereocenters. The zero-order valence-corrected chi connectivity index (χ0v) is 54.6. The number of unbranched alkanes of at least 4 members (excludes halogenated alkanes) is 48. The van der Waals surface area contributed by atoms with Gasteiger partial charge in [0.15, 0.2) is 6.10 Å². The lowest BCUT2D eigenvalue weighted by Gasteiger charge is -2.18. The fourth-order valence-electron chi connectivity index (χ4n) is 10.9. The molecule has 0 aromatic rings. The van der Waals surface area contributed by atoms with Gasteiger partial charge in [-0.25, -0.2) is 0 Å². The summed E-state index contributed by atoms with van der Waals surface area (Å²) in [6, 6.07) is 0. The Bertz CT molecular complexity index is 1400.